The van der Waals surface area contributed by atoms with Crippen molar-refractivity contribution in [2.75, 3.05) is 0 Å². The second-order valence-corrected chi connectivity index (χ2v) is 5.45. The minimum atomic E-state index is -1.05. The number of fused-ring (bicyclic) bond motifs is 1. The van der Waals surface area contributed by atoms with Gasteiger partial charge < -0.3 is 20.3 Å². The summed E-state index contributed by atoms with van der Waals surface area (Å²) in [4.78, 5) is 16.5. The van der Waals surface area contributed by atoms with E-state index in [4.69, 9.17) is 9.84 Å². The summed E-state index contributed by atoms with van der Waals surface area (Å²) in [5, 5.41) is 22.2. The van der Waals surface area contributed by atoms with Crippen molar-refractivity contribution in [1.82, 2.24) is 5.32 Å². The quantitative estimate of drug-likeness (QED) is 0.684. The molecule has 6 heteroatoms. The molecule has 2 fully saturated rings. The molecule has 0 bridgehead atoms. The van der Waals surface area contributed by atoms with Crippen LogP contribution in [0.3, 0.4) is 0 Å². The van der Waals surface area contributed by atoms with Gasteiger partial charge in [-0.1, -0.05) is 6.07 Å². The zero-order valence-electron chi connectivity index (χ0n) is 10.7. The van der Waals surface area contributed by atoms with Gasteiger partial charge in [-0.3, -0.25) is 4.79 Å². The van der Waals surface area contributed by atoms with Crippen LogP contribution in [0.4, 0.5) is 5.69 Å². The number of aliphatic imine (C=N–C) groups is 1. The minimum Gasteiger partial charge on any atom is -0.473 e. The number of nitrogens with one attached hydrogen (secondary N) is 1. The molecule has 2 aliphatic heterocycles. The molecular weight excluding hydrogens is 260 g/mol. The fraction of sp³-hybridized carbons (Fsp3) is 0.429. The Kier molecular flexibility index (Phi) is 2.26. The van der Waals surface area contributed by atoms with Crippen LogP contribution in [0, 0.1) is 5.92 Å². The van der Waals surface area contributed by atoms with Gasteiger partial charge in [-0.2, -0.15) is 0 Å². The van der Waals surface area contributed by atoms with Crippen LogP contribution in [0.15, 0.2) is 23.2 Å². The molecule has 6 nitrogen and oxygen atoms in total. The molecule has 1 saturated carbocycles. The van der Waals surface area contributed by atoms with Crippen molar-refractivity contribution in [3.63, 3.8) is 0 Å². The predicted molar refractivity (Wildman–Crippen MR) is 69.7 cm³/mol. The lowest BCUT2D eigenvalue weighted by Crippen LogP contribution is -2.54. The van der Waals surface area contributed by atoms with Crippen LogP contribution in [-0.4, -0.2) is 33.7 Å². The number of aliphatic hydroxyl groups is 2. The first kappa shape index (κ1) is 11.9. The Bertz CT molecular complexity index is 642. The summed E-state index contributed by atoms with van der Waals surface area (Å²) in [7, 11) is 0. The number of nitrogens with zero attached hydrogens (tertiary/aromatic N) is 1. The molecule has 0 unspecified atom stereocenters. The maximum atomic E-state index is 12.0. The van der Waals surface area contributed by atoms with Crippen molar-refractivity contribution in [3.8, 4) is 5.75 Å². The molecule has 2 heterocycles. The summed E-state index contributed by atoms with van der Waals surface area (Å²) in [6, 6.07) is 5.19. The van der Waals surface area contributed by atoms with Gasteiger partial charge in [0, 0.05) is 0 Å². The third-order valence-corrected chi connectivity index (χ3v) is 4.39. The number of hydrogen-bond acceptors (Lipinski definition) is 5. The molecule has 1 amide bonds. The first-order valence-corrected chi connectivity index (χ1v) is 6.66. The van der Waals surface area contributed by atoms with Gasteiger partial charge in [-0.15, -0.1) is 0 Å². The summed E-state index contributed by atoms with van der Waals surface area (Å²) in [5.41, 5.74) is 0.239. The minimum absolute atomic E-state index is 0.0825. The molecule has 1 saturated heterocycles. The Hall–Kier alpha value is -1.92. The monoisotopic (exact) mass is 274 g/mol. The summed E-state index contributed by atoms with van der Waals surface area (Å²) in [6.45, 7) is -0.0825. The molecule has 1 aliphatic carbocycles. The second kappa shape index (κ2) is 3.80. The highest BCUT2D eigenvalue weighted by atomic mass is 16.5. The van der Waals surface area contributed by atoms with E-state index in [1.807, 2.05) is 0 Å². The first-order chi connectivity index (χ1) is 9.65. The molecule has 1 spiro atoms. The number of carbonyl (C=O) groups is 1. The van der Waals surface area contributed by atoms with E-state index in [-0.39, 0.29) is 18.4 Å². The zero-order valence-corrected chi connectivity index (χ0v) is 10.7. The third-order valence-electron chi connectivity index (χ3n) is 4.39. The van der Waals surface area contributed by atoms with Gasteiger partial charge in [0.05, 0.1) is 12.5 Å². The Balaban J connectivity index is 1.87. The second-order valence-electron chi connectivity index (χ2n) is 5.45. The van der Waals surface area contributed by atoms with Gasteiger partial charge in [-0.25, -0.2) is 4.99 Å². The first-order valence-electron chi connectivity index (χ1n) is 6.66. The average molecular weight is 274 g/mol. The van der Waals surface area contributed by atoms with E-state index >= 15 is 0 Å². The number of carbonyl (C=O) groups excluding carboxylic acids is 1. The molecule has 20 heavy (non-hydrogen) atoms. The number of ether oxygens (including phenoxy) is 1. The standard InChI is InChI=1S/C14H14N2O4/c17-6-7-1-3-10-9(5-7)15-13-14(20-10)8(12(19)16-13)2-4-11(14)18/h1,3,5,8,11,17-18H,2,4,6H2,(H,15,16,19)/t8-,11-,14-/m1/s1. The van der Waals surface area contributed by atoms with Crippen LogP contribution < -0.4 is 10.1 Å². The fourth-order valence-electron chi connectivity index (χ4n) is 3.38. The third kappa shape index (κ3) is 1.30. The van der Waals surface area contributed by atoms with Crippen molar-refractivity contribution in [2.45, 2.75) is 31.2 Å². The molecule has 104 valence electrons. The Morgan fingerprint density at radius 1 is 1.45 bits per heavy atom. The van der Waals surface area contributed by atoms with Crippen molar-refractivity contribution in [3.05, 3.63) is 23.8 Å². The Morgan fingerprint density at radius 3 is 3.10 bits per heavy atom. The lowest BCUT2D eigenvalue weighted by molar-refractivity contribution is -0.125. The highest BCUT2D eigenvalue weighted by molar-refractivity contribution is 6.14. The van der Waals surface area contributed by atoms with Crippen molar-refractivity contribution >= 4 is 17.4 Å². The molecule has 3 N–H and O–H groups in total. The van der Waals surface area contributed by atoms with E-state index in [2.05, 4.69) is 10.3 Å². The smallest absolute Gasteiger partial charge is 0.233 e. The normalized spacial score (nSPS) is 33.7. The van der Waals surface area contributed by atoms with Crippen LogP contribution in [0.5, 0.6) is 5.75 Å². The van der Waals surface area contributed by atoms with Gasteiger partial charge in [0.15, 0.2) is 5.84 Å². The predicted octanol–water partition coefficient (Wildman–Crippen LogP) is 0.241. The van der Waals surface area contributed by atoms with Gasteiger partial charge in [0.1, 0.15) is 17.5 Å². The maximum Gasteiger partial charge on any atom is 0.233 e. The highest BCUT2D eigenvalue weighted by Gasteiger charge is 2.64. The molecule has 1 aromatic rings. The van der Waals surface area contributed by atoms with Crippen molar-refractivity contribution in [1.29, 1.82) is 0 Å². The summed E-state index contributed by atoms with van der Waals surface area (Å²) in [5.74, 6) is 0.394. The van der Waals surface area contributed by atoms with Gasteiger partial charge in [0.2, 0.25) is 11.5 Å². The zero-order chi connectivity index (χ0) is 13.9. The van der Waals surface area contributed by atoms with E-state index in [0.717, 1.165) is 5.56 Å². The number of amidine groups is 1. The molecule has 3 aliphatic rings. The summed E-state index contributed by atoms with van der Waals surface area (Å²) in [6.07, 6.45) is 0.382. The Labute approximate surface area is 115 Å². The molecule has 3 atom stereocenters. The number of rotatable bonds is 1. The lowest BCUT2D eigenvalue weighted by atomic mass is 9.90. The Morgan fingerprint density at radius 2 is 2.30 bits per heavy atom. The number of amides is 1. The van der Waals surface area contributed by atoms with E-state index in [0.29, 0.717) is 30.1 Å². The fourth-order valence-corrected chi connectivity index (χ4v) is 3.38. The van der Waals surface area contributed by atoms with Gasteiger partial charge in [0.25, 0.3) is 0 Å². The van der Waals surface area contributed by atoms with Gasteiger partial charge >= 0.3 is 0 Å². The van der Waals surface area contributed by atoms with E-state index in [1.54, 1.807) is 18.2 Å². The van der Waals surface area contributed by atoms with Crippen molar-refractivity contribution < 1.29 is 19.7 Å². The van der Waals surface area contributed by atoms with E-state index < -0.39 is 11.7 Å². The lowest BCUT2D eigenvalue weighted by Gasteiger charge is -2.35. The topological polar surface area (TPSA) is 91.2 Å². The van der Waals surface area contributed by atoms with Gasteiger partial charge in [-0.05, 0) is 30.5 Å². The molecule has 1 aromatic carbocycles. The van der Waals surface area contributed by atoms with Crippen LogP contribution in [0.25, 0.3) is 0 Å². The molecular formula is C14H14N2O4. The van der Waals surface area contributed by atoms with Crippen LogP contribution in [0.2, 0.25) is 0 Å². The number of aliphatic hydroxyl groups excluding tert-OH is 2. The highest BCUT2D eigenvalue weighted by Crippen LogP contribution is 2.49. The summed E-state index contributed by atoms with van der Waals surface area (Å²) >= 11 is 0. The molecule has 0 aromatic heterocycles. The molecule has 0 radical (unpaired) electrons. The number of hydrogen-bond donors (Lipinski definition) is 3. The largest absolute Gasteiger partial charge is 0.473 e. The van der Waals surface area contributed by atoms with Crippen molar-refractivity contribution in [2.24, 2.45) is 10.9 Å². The van der Waals surface area contributed by atoms with E-state index in [1.165, 1.54) is 0 Å². The average Bonchev–Trinajstić information content (AvgIpc) is 2.91. The van der Waals surface area contributed by atoms with Crippen LogP contribution >= 0.6 is 0 Å². The number of benzene rings is 1. The summed E-state index contributed by atoms with van der Waals surface area (Å²) < 4.78 is 6.00. The maximum absolute atomic E-state index is 12.0. The molecule has 4 rings (SSSR count). The van der Waals surface area contributed by atoms with E-state index in [9.17, 15) is 9.90 Å². The van der Waals surface area contributed by atoms with Crippen LogP contribution in [-0.2, 0) is 11.4 Å². The van der Waals surface area contributed by atoms with Crippen LogP contribution in [0.1, 0.15) is 18.4 Å². The SMILES string of the molecule is O=C1NC2=Nc3cc(CO)ccc3O[C@]23[C@H](O)CC[C@H]13.